The Kier molecular flexibility index (Phi) is 3.25. The molecule has 4 rings (SSSR count). The monoisotopic (exact) mass is 348 g/mol. The number of alkyl halides is 3. The summed E-state index contributed by atoms with van der Waals surface area (Å²) in [6.07, 6.45) is -4.04. The number of hydrogen-bond acceptors (Lipinski definition) is 2. The van der Waals surface area contributed by atoms with Crippen LogP contribution in [0.2, 0.25) is 0 Å². The summed E-state index contributed by atoms with van der Waals surface area (Å²) in [5.41, 5.74) is -0.852. The van der Waals surface area contributed by atoms with E-state index in [2.05, 4.69) is 5.32 Å². The van der Waals surface area contributed by atoms with Gasteiger partial charge in [-0.3, -0.25) is 4.90 Å². The van der Waals surface area contributed by atoms with Gasteiger partial charge in [-0.05, 0) is 31.2 Å². The Hall–Kier alpha value is -2.70. The molecule has 4 nitrogen and oxygen atoms in total. The number of hydrogen-bond donors (Lipinski definition) is 1. The molecular formula is C18H15F3N2O2. The minimum Gasteiger partial charge on any atom is -0.467 e. The van der Waals surface area contributed by atoms with Gasteiger partial charge in [0.15, 0.2) is 5.72 Å². The smallest absolute Gasteiger partial charge is 0.416 e. The second-order valence-electron chi connectivity index (χ2n) is 6.40. The molecule has 0 saturated carbocycles. The number of anilines is 1. The third kappa shape index (κ3) is 2.50. The van der Waals surface area contributed by atoms with Crippen molar-refractivity contribution in [2.75, 3.05) is 4.90 Å². The van der Waals surface area contributed by atoms with Crippen molar-refractivity contribution in [3.63, 3.8) is 0 Å². The molecule has 2 amide bonds. The number of carbonyl (C=O) groups is 1. The number of nitrogens with zero attached hydrogens (tertiary/aromatic N) is 1. The molecule has 0 aromatic heterocycles. The molecule has 0 radical (unpaired) electrons. The standard InChI is InChI=1S/C18H15F3N2O2/c1-17-10-14(13-7-2-3-8-15(13)25-17)22-16(24)23(17)12-6-4-5-11(9-12)18(19,20)21/h2-9,14H,10H2,1H3,(H,22,24). The maximum atomic E-state index is 13.0. The van der Waals surface area contributed by atoms with Crippen molar-refractivity contribution in [1.82, 2.24) is 5.32 Å². The molecule has 1 fully saturated rings. The minimum atomic E-state index is -4.48. The van der Waals surface area contributed by atoms with Gasteiger partial charge in [-0.1, -0.05) is 24.3 Å². The summed E-state index contributed by atoms with van der Waals surface area (Å²) in [5.74, 6) is 0.623. The number of halogens is 3. The van der Waals surface area contributed by atoms with Crippen LogP contribution in [-0.2, 0) is 6.18 Å². The molecule has 2 aromatic rings. The number of benzene rings is 2. The van der Waals surface area contributed by atoms with Gasteiger partial charge in [-0.15, -0.1) is 0 Å². The van der Waals surface area contributed by atoms with Gasteiger partial charge in [0.25, 0.3) is 0 Å². The van der Waals surface area contributed by atoms with Crippen LogP contribution in [0.1, 0.15) is 30.5 Å². The molecule has 2 bridgehead atoms. The van der Waals surface area contributed by atoms with Crippen molar-refractivity contribution in [3.8, 4) is 5.75 Å². The van der Waals surface area contributed by atoms with Crippen LogP contribution < -0.4 is 15.0 Å². The Morgan fingerprint density at radius 2 is 1.96 bits per heavy atom. The van der Waals surface area contributed by atoms with Crippen LogP contribution in [-0.4, -0.2) is 11.8 Å². The number of fused-ring (bicyclic) bond motifs is 4. The average Bonchev–Trinajstić information content (AvgIpc) is 2.53. The molecule has 2 atom stereocenters. The minimum absolute atomic E-state index is 0.146. The highest BCUT2D eigenvalue weighted by Crippen LogP contribution is 2.45. The van der Waals surface area contributed by atoms with Crippen molar-refractivity contribution in [2.45, 2.75) is 31.3 Å². The number of ether oxygens (including phenoxy) is 1. The molecule has 2 heterocycles. The van der Waals surface area contributed by atoms with Gasteiger partial charge in [0.05, 0.1) is 17.3 Å². The molecule has 25 heavy (non-hydrogen) atoms. The quantitative estimate of drug-likeness (QED) is 0.826. The van der Waals surface area contributed by atoms with Gasteiger partial charge in [0, 0.05) is 12.0 Å². The summed E-state index contributed by atoms with van der Waals surface area (Å²) in [4.78, 5) is 13.9. The fraction of sp³-hybridized carbons (Fsp3) is 0.278. The van der Waals surface area contributed by atoms with Crippen LogP contribution in [0.25, 0.3) is 0 Å². The number of carbonyl (C=O) groups excluding carboxylic acids is 1. The zero-order valence-corrected chi connectivity index (χ0v) is 13.3. The Morgan fingerprint density at radius 3 is 2.72 bits per heavy atom. The third-order valence-electron chi connectivity index (χ3n) is 4.61. The lowest BCUT2D eigenvalue weighted by Crippen LogP contribution is -2.65. The first-order valence-corrected chi connectivity index (χ1v) is 7.84. The highest BCUT2D eigenvalue weighted by Gasteiger charge is 2.50. The molecule has 2 unspecified atom stereocenters. The van der Waals surface area contributed by atoms with E-state index in [0.717, 1.165) is 17.7 Å². The Labute approximate surface area is 142 Å². The second kappa shape index (κ2) is 5.15. The van der Waals surface area contributed by atoms with E-state index < -0.39 is 23.5 Å². The fourth-order valence-electron chi connectivity index (χ4n) is 3.53. The predicted molar refractivity (Wildman–Crippen MR) is 85.3 cm³/mol. The zero-order valence-electron chi connectivity index (χ0n) is 13.3. The van der Waals surface area contributed by atoms with Crippen LogP contribution in [0.5, 0.6) is 5.75 Å². The molecule has 7 heteroatoms. The van der Waals surface area contributed by atoms with Gasteiger partial charge < -0.3 is 10.1 Å². The summed E-state index contributed by atoms with van der Waals surface area (Å²) in [5, 5.41) is 2.86. The summed E-state index contributed by atoms with van der Waals surface area (Å²) in [6.45, 7) is 1.72. The largest absolute Gasteiger partial charge is 0.467 e. The van der Waals surface area contributed by atoms with E-state index in [9.17, 15) is 18.0 Å². The van der Waals surface area contributed by atoms with Crippen molar-refractivity contribution < 1.29 is 22.7 Å². The van der Waals surface area contributed by atoms with Gasteiger partial charge >= 0.3 is 12.2 Å². The van der Waals surface area contributed by atoms with Crippen molar-refractivity contribution in [2.24, 2.45) is 0 Å². The van der Waals surface area contributed by atoms with Crippen LogP contribution in [0, 0.1) is 0 Å². The molecule has 2 aromatic carbocycles. The number of urea groups is 1. The molecule has 1 saturated heterocycles. The van der Waals surface area contributed by atoms with E-state index >= 15 is 0 Å². The molecule has 0 spiro atoms. The van der Waals surface area contributed by atoms with E-state index in [4.69, 9.17) is 4.74 Å². The van der Waals surface area contributed by atoms with Crippen LogP contribution in [0.3, 0.4) is 0 Å². The average molecular weight is 348 g/mol. The summed E-state index contributed by atoms with van der Waals surface area (Å²) in [7, 11) is 0. The molecule has 130 valence electrons. The van der Waals surface area contributed by atoms with E-state index in [1.807, 2.05) is 18.2 Å². The summed E-state index contributed by atoms with van der Waals surface area (Å²) in [6, 6.07) is 11.3. The predicted octanol–water partition coefficient (Wildman–Crippen LogP) is 4.48. The van der Waals surface area contributed by atoms with Gasteiger partial charge in [0.1, 0.15) is 5.75 Å². The first-order chi connectivity index (χ1) is 11.8. The maximum Gasteiger partial charge on any atom is 0.416 e. The molecule has 2 aliphatic heterocycles. The molecule has 2 aliphatic rings. The number of amides is 2. The lowest BCUT2D eigenvalue weighted by molar-refractivity contribution is -0.137. The maximum absolute atomic E-state index is 13.0. The molecule has 1 N–H and O–H groups in total. The van der Waals surface area contributed by atoms with Crippen molar-refractivity contribution >= 4 is 11.7 Å². The number of nitrogens with one attached hydrogen (secondary N) is 1. The molecule has 0 aliphatic carbocycles. The van der Waals surface area contributed by atoms with E-state index in [1.165, 1.54) is 17.0 Å². The van der Waals surface area contributed by atoms with Crippen LogP contribution in [0.15, 0.2) is 48.5 Å². The normalized spacial score (nSPS) is 25.0. The van der Waals surface area contributed by atoms with Crippen LogP contribution in [0.4, 0.5) is 23.7 Å². The third-order valence-corrected chi connectivity index (χ3v) is 4.61. The lowest BCUT2D eigenvalue weighted by atomic mass is 9.90. The number of para-hydroxylation sites is 1. The first-order valence-electron chi connectivity index (χ1n) is 7.84. The van der Waals surface area contributed by atoms with E-state index in [0.29, 0.717) is 12.2 Å². The van der Waals surface area contributed by atoms with Gasteiger partial charge in [-0.25, -0.2) is 4.79 Å². The Balaban J connectivity index is 1.78. The van der Waals surface area contributed by atoms with Gasteiger partial charge in [0.2, 0.25) is 0 Å². The zero-order chi connectivity index (χ0) is 17.8. The lowest BCUT2D eigenvalue weighted by Gasteiger charge is -2.50. The molecular weight excluding hydrogens is 333 g/mol. The van der Waals surface area contributed by atoms with Crippen LogP contribution >= 0.6 is 0 Å². The van der Waals surface area contributed by atoms with E-state index in [1.54, 1.807) is 13.0 Å². The summed E-state index contributed by atoms with van der Waals surface area (Å²) >= 11 is 0. The second-order valence-corrected chi connectivity index (χ2v) is 6.40. The number of rotatable bonds is 1. The first kappa shape index (κ1) is 15.8. The Morgan fingerprint density at radius 1 is 1.20 bits per heavy atom. The summed E-state index contributed by atoms with van der Waals surface area (Å²) < 4.78 is 45.1. The van der Waals surface area contributed by atoms with Crippen molar-refractivity contribution in [1.29, 1.82) is 0 Å². The Bertz CT molecular complexity index is 852. The van der Waals surface area contributed by atoms with Gasteiger partial charge in [-0.2, -0.15) is 13.2 Å². The van der Waals surface area contributed by atoms with E-state index in [-0.39, 0.29) is 11.7 Å². The SMILES string of the molecule is CC12CC(NC(=O)N1c1cccc(C(F)(F)F)c1)c1ccccc1O2. The fourth-order valence-corrected chi connectivity index (χ4v) is 3.53. The highest BCUT2D eigenvalue weighted by atomic mass is 19.4. The highest BCUT2D eigenvalue weighted by molar-refractivity contribution is 5.95. The topological polar surface area (TPSA) is 41.6 Å². The van der Waals surface area contributed by atoms with Crippen molar-refractivity contribution in [3.05, 3.63) is 59.7 Å².